The smallest absolute Gasteiger partial charge is 0.127 e. The van der Waals surface area contributed by atoms with E-state index >= 15 is 0 Å². The topological polar surface area (TPSA) is 15.3 Å². The molecule has 0 bridgehead atoms. The van der Waals surface area contributed by atoms with Crippen LogP contribution in [0.1, 0.15) is 45.7 Å². The van der Waals surface area contributed by atoms with Crippen molar-refractivity contribution in [2.75, 3.05) is 20.1 Å². The van der Waals surface area contributed by atoms with Crippen molar-refractivity contribution in [1.29, 1.82) is 0 Å². The summed E-state index contributed by atoms with van der Waals surface area (Å²) in [6.07, 6.45) is 1.05. The minimum Gasteiger partial charge on any atom is -0.310 e. The Hall–Kier alpha value is -0.930. The van der Waals surface area contributed by atoms with E-state index in [-0.39, 0.29) is 11.9 Å². The summed E-state index contributed by atoms with van der Waals surface area (Å²) >= 11 is 0. The van der Waals surface area contributed by atoms with E-state index in [0.29, 0.717) is 12.0 Å². The lowest BCUT2D eigenvalue weighted by Gasteiger charge is -2.31. The summed E-state index contributed by atoms with van der Waals surface area (Å²) in [6, 6.07) is 7.68. The monoisotopic (exact) mass is 280 g/mol. The molecule has 0 aromatic heterocycles. The molecule has 0 radical (unpaired) electrons. The molecular formula is C17H29FN2. The van der Waals surface area contributed by atoms with Crippen LogP contribution in [0.4, 0.5) is 4.39 Å². The van der Waals surface area contributed by atoms with Crippen LogP contribution in [0.5, 0.6) is 0 Å². The summed E-state index contributed by atoms with van der Waals surface area (Å²) < 4.78 is 14.1. The molecule has 0 aliphatic rings. The summed E-state index contributed by atoms with van der Waals surface area (Å²) in [5.74, 6) is 0.242. The van der Waals surface area contributed by atoms with Gasteiger partial charge in [0, 0.05) is 24.2 Å². The fraction of sp³-hybridized carbons (Fsp3) is 0.647. The fourth-order valence-electron chi connectivity index (χ4n) is 2.42. The maximum atomic E-state index is 14.1. The molecule has 0 aliphatic heterocycles. The van der Waals surface area contributed by atoms with Crippen LogP contribution in [-0.4, -0.2) is 31.1 Å². The second-order valence-corrected chi connectivity index (χ2v) is 5.96. The number of benzene rings is 1. The molecule has 0 heterocycles. The van der Waals surface area contributed by atoms with Crippen molar-refractivity contribution in [2.24, 2.45) is 5.92 Å². The molecule has 0 aliphatic carbocycles. The van der Waals surface area contributed by atoms with Crippen molar-refractivity contribution in [3.05, 3.63) is 35.6 Å². The molecule has 1 aromatic carbocycles. The molecule has 0 saturated heterocycles. The molecule has 2 unspecified atom stereocenters. The summed E-state index contributed by atoms with van der Waals surface area (Å²) in [4.78, 5) is 2.31. The van der Waals surface area contributed by atoms with Gasteiger partial charge in [-0.05, 0) is 45.8 Å². The first-order valence-corrected chi connectivity index (χ1v) is 7.65. The lowest BCUT2D eigenvalue weighted by Crippen LogP contribution is -2.37. The maximum Gasteiger partial charge on any atom is 0.127 e. The highest BCUT2D eigenvalue weighted by molar-refractivity contribution is 5.22. The van der Waals surface area contributed by atoms with Crippen molar-refractivity contribution < 1.29 is 4.39 Å². The third-order valence-corrected chi connectivity index (χ3v) is 3.88. The molecule has 20 heavy (non-hydrogen) atoms. The van der Waals surface area contributed by atoms with Crippen molar-refractivity contribution >= 4 is 0 Å². The molecule has 3 heteroatoms. The molecular weight excluding hydrogens is 251 g/mol. The molecule has 1 rings (SSSR count). The number of rotatable bonds is 8. The number of nitrogens with one attached hydrogen (secondary N) is 1. The molecule has 0 saturated carbocycles. The van der Waals surface area contributed by atoms with Gasteiger partial charge in [0.2, 0.25) is 0 Å². The van der Waals surface area contributed by atoms with Crippen LogP contribution in [0.2, 0.25) is 0 Å². The molecule has 1 N–H and O–H groups in total. The molecule has 0 spiro atoms. The first-order chi connectivity index (χ1) is 9.47. The first kappa shape index (κ1) is 17.1. The average molecular weight is 280 g/mol. The van der Waals surface area contributed by atoms with Gasteiger partial charge < -0.3 is 10.2 Å². The molecule has 0 fully saturated rings. The molecule has 1 aromatic rings. The van der Waals surface area contributed by atoms with Gasteiger partial charge in [0.1, 0.15) is 5.82 Å². The van der Waals surface area contributed by atoms with Crippen LogP contribution in [0.25, 0.3) is 0 Å². The van der Waals surface area contributed by atoms with Crippen molar-refractivity contribution in [3.63, 3.8) is 0 Å². The fourth-order valence-corrected chi connectivity index (χ4v) is 2.42. The quantitative estimate of drug-likeness (QED) is 0.778. The van der Waals surface area contributed by atoms with Gasteiger partial charge in [-0.1, -0.05) is 32.0 Å². The van der Waals surface area contributed by atoms with E-state index < -0.39 is 0 Å². The highest BCUT2D eigenvalue weighted by Gasteiger charge is 2.23. The summed E-state index contributed by atoms with van der Waals surface area (Å²) in [5.41, 5.74) is 0.783. The van der Waals surface area contributed by atoms with Gasteiger partial charge >= 0.3 is 0 Å². The van der Waals surface area contributed by atoms with Gasteiger partial charge in [-0.2, -0.15) is 0 Å². The van der Waals surface area contributed by atoms with E-state index in [2.05, 4.69) is 45.0 Å². The Morgan fingerprint density at radius 2 is 1.85 bits per heavy atom. The minimum atomic E-state index is -0.111. The highest BCUT2D eigenvalue weighted by atomic mass is 19.1. The van der Waals surface area contributed by atoms with Crippen LogP contribution in [0.15, 0.2) is 24.3 Å². The van der Waals surface area contributed by atoms with Crippen molar-refractivity contribution in [3.8, 4) is 0 Å². The van der Waals surface area contributed by atoms with E-state index in [0.717, 1.165) is 25.1 Å². The van der Waals surface area contributed by atoms with Gasteiger partial charge in [-0.3, -0.25) is 0 Å². The Labute approximate surface area is 123 Å². The van der Waals surface area contributed by atoms with Gasteiger partial charge in [0.25, 0.3) is 0 Å². The Bertz CT molecular complexity index is 392. The third kappa shape index (κ3) is 4.88. The zero-order valence-corrected chi connectivity index (χ0v) is 13.5. The van der Waals surface area contributed by atoms with E-state index in [4.69, 9.17) is 0 Å². The zero-order valence-electron chi connectivity index (χ0n) is 13.5. The molecule has 2 nitrogen and oxygen atoms in total. The Balaban J connectivity index is 2.86. The predicted molar refractivity (Wildman–Crippen MR) is 84.4 cm³/mol. The minimum absolute atomic E-state index is 0.0670. The lowest BCUT2D eigenvalue weighted by atomic mass is 9.93. The van der Waals surface area contributed by atoms with Crippen LogP contribution in [0, 0.1) is 11.7 Å². The van der Waals surface area contributed by atoms with Crippen LogP contribution >= 0.6 is 0 Å². The van der Waals surface area contributed by atoms with E-state index in [1.165, 1.54) is 0 Å². The summed E-state index contributed by atoms with van der Waals surface area (Å²) in [6.45, 7) is 10.6. The summed E-state index contributed by atoms with van der Waals surface area (Å²) in [5, 5.41) is 3.50. The standard InChI is InChI=1S/C17H29FN2/c1-6-11-19-17(14(4)12-20(5)13(2)3)15-9-7-8-10-16(15)18/h7-10,13-14,17,19H,6,11-12H2,1-5H3. The van der Waals surface area contributed by atoms with Gasteiger partial charge in [-0.25, -0.2) is 4.39 Å². The van der Waals surface area contributed by atoms with Gasteiger partial charge in [-0.15, -0.1) is 0 Å². The third-order valence-electron chi connectivity index (χ3n) is 3.88. The van der Waals surface area contributed by atoms with Crippen LogP contribution < -0.4 is 5.32 Å². The van der Waals surface area contributed by atoms with E-state index in [1.807, 2.05) is 12.1 Å². The number of halogens is 1. The number of hydrogen-bond acceptors (Lipinski definition) is 2. The SMILES string of the molecule is CCCNC(c1ccccc1F)C(C)CN(C)C(C)C. The Morgan fingerprint density at radius 3 is 2.40 bits per heavy atom. The molecule has 0 amide bonds. The largest absolute Gasteiger partial charge is 0.310 e. The van der Waals surface area contributed by atoms with Crippen molar-refractivity contribution in [1.82, 2.24) is 10.2 Å². The number of nitrogens with zero attached hydrogens (tertiary/aromatic N) is 1. The summed E-state index contributed by atoms with van der Waals surface area (Å²) in [7, 11) is 2.12. The van der Waals surface area contributed by atoms with Crippen molar-refractivity contribution in [2.45, 2.75) is 46.2 Å². The Morgan fingerprint density at radius 1 is 1.20 bits per heavy atom. The number of hydrogen-bond donors (Lipinski definition) is 1. The molecule has 2 atom stereocenters. The predicted octanol–water partition coefficient (Wildman–Crippen LogP) is 3.84. The second kappa shape index (κ2) is 8.38. The zero-order chi connectivity index (χ0) is 15.1. The normalized spacial score (nSPS) is 14.8. The van der Waals surface area contributed by atoms with Crippen LogP contribution in [0.3, 0.4) is 0 Å². The maximum absolute atomic E-state index is 14.1. The lowest BCUT2D eigenvalue weighted by molar-refractivity contribution is 0.208. The second-order valence-electron chi connectivity index (χ2n) is 5.96. The van der Waals surface area contributed by atoms with E-state index in [9.17, 15) is 4.39 Å². The average Bonchev–Trinajstić information content (AvgIpc) is 2.40. The van der Waals surface area contributed by atoms with Gasteiger partial charge in [0.15, 0.2) is 0 Å². The van der Waals surface area contributed by atoms with Gasteiger partial charge in [0.05, 0.1) is 0 Å². The Kier molecular flexibility index (Phi) is 7.17. The highest BCUT2D eigenvalue weighted by Crippen LogP contribution is 2.25. The molecule has 114 valence electrons. The first-order valence-electron chi connectivity index (χ1n) is 7.65. The van der Waals surface area contributed by atoms with E-state index in [1.54, 1.807) is 12.1 Å². The van der Waals surface area contributed by atoms with Crippen LogP contribution in [-0.2, 0) is 0 Å².